The summed E-state index contributed by atoms with van der Waals surface area (Å²) in [6.07, 6.45) is 0.225. The minimum atomic E-state index is -3.90. The molecular weight excluding hydrogens is 459 g/mol. The number of amides is 1. The number of hydrogen-bond acceptors (Lipinski definition) is 5. The van der Waals surface area contributed by atoms with Gasteiger partial charge < -0.3 is 15.0 Å². The summed E-state index contributed by atoms with van der Waals surface area (Å²) in [5.74, 6) is -1.12. The van der Waals surface area contributed by atoms with E-state index in [1.54, 1.807) is 0 Å². The predicted octanol–water partition coefficient (Wildman–Crippen LogP) is 2.53. The number of anilines is 2. The maximum absolute atomic E-state index is 13.4. The minimum Gasteiger partial charge on any atom is -0.378 e. The number of carbonyl (C=O) groups is 1. The number of hydrogen-bond donors (Lipinski definition) is 2. The average Bonchev–Trinajstić information content (AvgIpc) is 2.78. The van der Waals surface area contributed by atoms with Gasteiger partial charge in [-0.25, -0.2) is 4.39 Å². The van der Waals surface area contributed by atoms with Gasteiger partial charge in [-0.15, -0.1) is 0 Å². The summed E-state index contributed by atoms with van der Waals surface area (Å²) in [4.78, 5) is 15.1. The van der Waals surface area contributed by atoms with Crippen molar-refractivity contribution in [2.45, 2.75) is 18.5 Å². The normalized spacial score (nSPS) is 23.7. The third-order valence-corrected chi connectivity index (χ3v) is 7.59. The lowest BCUT2D eigenvalue weighted by Gasteiger charge is -2.36. The monoisotopic (exact) mass is 482 g/mol. The van der Waals surface area contributed by atoms with E-state index in [0.29, 0.717) is 13.2 Å². The van der Waals surface area contributed by atoms with Crippen molar-refractivity contribution in [3.63, 3.8) is 0 Å². The zero-order chi connectivity index (χ0) is 22.9. The van der Waals surface area contributed by atoms with Crippen LogP contribution in [0.3, 0.4) is 0 Å². The predicted molar refractivity (Wildman–Crippen MR) is 120 cm³/mol. The minimum absolute atomic E-state index is 0.133. The fourth-order valence-corrected chi connectivity index (χ4v) is 5.34. The van der Waals surface area contributed by atoms with Crippen molar-refractivity contribution < 1.29 is 22.3 Å². The summed E-state index contributed by atoms with van der Waals surface area (Å²) in [6, 6.07) is 9.90. The molecule has 2 atom stereocenters. The van der Waals surface area contributed by atoms with E-state index in [-0.39, 0.29) is 17.1 Å². The fraction of sp³-hybridized carbons (Fsp3) is 0.381. The number of nitrogens with zero attached hydrogens (tertiary/aromatic N) is 2. The molecule has 32 heavy (non-hydrogen) atoms. The number of carbonyl (C=O) groups excluding carboxylic acids is 1. The molecule has 2 aliphatic heterocycles. The number of halogens is 2. The Bertz CT molecular complexity index is 1110. The van der Waals surface area contributed by atoms with Crippen molar-refractivity contribution in [2.24, 2.45) is 0 Å². The van der Waals surface area contributed by atoms with Gasteiger partial charge in [0.15, 0.2) is 0 Å². The molecular formula is C21H24ClFN4O4S. The molecule has 0 saturated carbocycles. The van der Waals surface area contributed by atoms with Crippen molar-refractivity contribution in [3.8, 4) is 0 Å². The molecule has 2 saturated heterocycles. The average molecular weight is 483 g/mol. The molecule has 0 spiro atoms. The molecule has 0 radical (unpaired) electrons. The van der Waals surface area contributed by atoms with Crippen LogP contribution in [0.15, 0.2) is 42.5 Å². The lowest BCUT2D eigenvalue weighted by atomic mass is 9.98. The van der Waals surface area contributed by atoms with E-state index >= 15 is 0 Å². The highest BCUT2D eigenvalue weighted by Crippen LogP contribution is 2.31. The van der Waals surface area contributed by atoms with E-state index in [2.05, 4.69) is 14.9 Å². The molecule has 0 aliphatic carbocycles. The molecule has 0 aromatic heterocycles. The number of likely N-dealkylation sites (N-methyl/N-ethyl adjacent to an activating group) is 1. The van der Waals surface area contributed by atoms with Gasteiger partial charge in [-0.1, -0.05) is 23.7 Å². The van der Waals surface area contributed by atoms with Crippen molar-refractivity contribution >= 4 is 39.1 Å². The Morgan fingerprint density at radius 3 is 2.69 bits per heavy atom. The first-order valence-electron chi connectivity index (χ1n) is 10.2. The molecule has 1 amide bonds. The second-order valence-corrected chi connectivity index (χ2v) is 9.92. The van der Waals surface area contributed by atoms with Crippen LogP contribution < -0.4 is 14.9 Å². The van der Waals surface area contributed by atoms with Gasteiger partial charge >= 0.3 is 0 Å². The summed E-state index contributed by atoms with van der Waals surface area (Å²) in [5.41, 5.74) is 2.04. The zero-order valence-electron chi connectivity index (χ0n) is 17.4. The molecule has 2 N–H and O–H groups in total. The first-order valence-corrected chi connectivity index (χ1v) is 12.0. The number of nitrogens with one attached hydrogen (secondary N) is 2. The lowest BCUT2D eigenvalue weighted by molar-refractivity contribution is -0.120. The van der Waals surface area contributed by atoms with Crippen molar-refractivity contribution in [1.29, 1.82) is 0 Å². The summed E-state index contributed by atoms with van der Waals surface area (Å²) in [7, 11) is -2.54. The van der Waals surface area contributed by atoms with Crippen LogP contribution in [-0.4, -0.2) is 58.0 Å². The lowest BCUT2D eigenvalue weighted by Crippen LogP contribution is -2.55. The molecule has 11 heteroatoms. The molecule has 2 aromatic rings. The van der Waals surface area contributed by atoms with E-state index in [0.717, 1.165) is 34.7 Å². The SMILES string of the molecule is CN1C(C(=O)Nc2ccc(F)c(Cl)c2)CC(c2cccc(N3CCOCC3)c2)NS1(=O)=O. The fourth-order valence-electron chi connectivity index (χ4n) is 3.89. The molecule has 2 aromatic carbocycles. The molecule has 172 valence electrons. The van der Waals surface area contributed by atoms with E-state index in [1.165, 1.54) is 19.2 Å². The third-order valence-electron chi connectivity index (χ3n) is 5.71. The Morgan fingerprint density at radius 2 is 1.97 bits per heavy atom. The smallest absolute Gasteiger partial charge is 0.280 e. The Balaban J connectivity index is 1.56. The van der Waals surface area contributed by atoms with Crippen LogP contribution in [0.25, 0.3) is 0 Å². The van der Waals surface area contributed by atoms with Gasteiger partial charge in [0.1, 0.15) is 11.9 Å². The largest absolute Gasteiger partial charge is 0.378 e. The Kier molecular flexibility index (Phi) is 6.68. The molecule has 2 fully saturated rings. The summed E-state index contributed by atoms with van der Waals surface area (Å²) in [6.45, 7) is 2.79. The van der Waals surface area contributed by atoms with Gasteiger partial charge in [-0.05, 0) is 42.3 Å². The molecule has 4 rings (SSSR count). The number of morpholine rings is 1. The number of ether oxygens (including phenoxy) is 1. The van der Waals surface area contributed by atoms with Crippen LogP contribution >= 0.6 is 11.6 Å². The van der Waals surface area contributed by atoms with Crippen LogP contribution in [-0.2, 0) is 19.7 Å². The van der Waals surface area contributed by atoms with Crippen LogP contribution in [0.1, 0.15) is 18.0 Å². The highest BCUT2D eigenvalue weighted by molar-refractivity contribution is 7.87. The molecule has 8 nitrogen and oxygen atoms in total. The van der Waals surface area contributed by atoms with Crippen LogP contribution in [0.4, 0.5) is 15.8 Å². The van der Waals surface area contributed by atoms with E-state index in [9.17, 15) is 17.6 Å². The first-order chi connectivity index (χ1) is 15.2. The zero-order valence-corrected chi connectivity index (χ0v) is 19.0. The van der Waals surface area contributed by atoms with Crippen LogP contribution in [0.5, 0.6) is 0 Å². The summed E-state index contributed by atoms with van der Waals surface area (Å²) >= 11 is 5.78. The van der Waals surface area contributed by atoms with E-state index in [4.69, 9.17) is 16.3 Å². The highest BCUT2D eigenvalue weighted by Gasteiger charge is 2.40. The molecule has 0 bridgehead atoms. The Labute approximate surface area is 191 Å². The van der Waals surface area contributed by atoms with Crippen molar-refractivity contribution in [1.82, 2.24) is 9.03 Å². The van der Waals surface area contributed by atoms with Gasteiger partial charge in [-0.2, -0.15) is 17.4 Å². The molecule has 2 aliphatic rings. The summed E-state index contributed by atoms with van der Waals surface area (Å²) < 4.78 is 48.0. The van der Waals surface area contributed by atoms with E-state index < -0.39 is 34.0 Å². The molecule has 2 heterocycles. The van der Waals surface area contributed by atoms with Crippen LogP contribution in [0.2, 0.25) is 5.02 Å². The van der Waals surface area contributed by atoms with Gasteiger partial charge in [0, 0.05) is 37.6 Å². The van der Waals surface area contributed by atoms with Gasteiger partial charge in [-0.3, -0.25) is 4.79 Å². The topological polar surface area (TPSA) is 91.0 Å². The number of rotatable bonds is 4. The Morgan fingerprint density at radius 1 is 1.22 bits per heavy atom. The Hall–Kier alpha value is -2.24. The quantitative estimate of drug-likeness (QED) is 0.699. The second kappa shape index (κ2) is 9.32. The van der Waals surface area contributed by atoms with Gasteiger partial charge in [0.2, 0.25) is 5.91 Å². The maximum atomic E-state index is 13.4. The van der Waals surface area contributed by atoms with Crippen molar-refractivity contribution in [2.75, 3.05) is 43.6 Å². The summed E-state index contributed by atoms with van der Waals surface area (Å²) in [5, 5.41) is 2.50. The van der Waals surface area contributed by atoms with Gasteiger partial charge in [0.05, 0.1) is 18.2 Å². The second-order valence-electron chi connectivity index (χ2n) is 7.76. The van der Waals surface area contributed by atoms with Gasteiger partial charge in [0.25, 0.3) is 10.2 Å². The van der Waals surface area contributed by atoms with Crippen LogP contribution in [0, 0.1) is 5.82 Å². The third kappa shape index (κ3) is 4.89. The maximum Gasteiger partial charge on any atom is 0.280 e. The van der Waals surface area contributed by atoms with Crippen molar-refractivity contribution in [3.05, 3.63) is 58.9 Å². The highest BCUT2D eigenvalue weighted by atomic mass is 35.5. The van der Waals surface area contributed by atoms with E-state index in [1.807, 2.05) is 24.3 Å². The first kappa shape index (κ1) is 22.9. The molecule has 2 unspecified atom stereocenters. The standard InChI is InChI=1S/C21H24ClFN4O4S/c1-26-20(21(28)24-15-5-6-18(23)17(22)12-15)13-19(25-32(26,29)30)14-3-2-4-16(11-14)27-7-9-31-10-8-27/h2-6,11-12,19-20,25H,7-10,13H2,1H3,(H,24,28). The number of benzene rings is 2.